The zero-order chi connectivity index (χ0) is 24.5. The van der Waals surface area contributed by atoms with Crippen molar-refractivity contribution in [1.82, 2.24) is 4.90 Å². The SMILES string of the molecule is C=CC(=O)Nc1cc(NC(=C)/N=C\C(Cl)=C(C)C)c(OC)cc1N1CCC(N(CC)CC)C1. The number of hydrogen-bond acceptors (Lipinski definition) is 6. The second-order valence-electron chi connectivity index (χ2n) is 8.05. The molecular formula is C25H36ClN5O2. The predicted molar refractivity (Wildman–Crippen MR) is 141 cm³/mol. The Kier molecular flexibility index (Phi) is 10.0. The number of amides is 1. The van der Waals surface area contributed by atoms with Gasteiger partial charge in [-0.2, -0.15) is 0 Å². The van der Waals surface area contributed by atoms with Crippen molar-refractivity contribution < 1.29 is 9.53 Å². The maximum absolute atomic E-state index is 12.2. The monoisotopic (exact) mass is 473 g/mol. The highest BCUT2D eigenvalue weighted by atomic mass is 35.5. The van der Waals surface area contributed by atoms with Crippen LogP contribution in [0.2, 0.25) is 0 Å². The summed E-state index contributed by atoms with van der Waals surface area (Å²) in [6, 6.07) is 4.25. The van der Waals surface area contributed by atoms with Gasteiger partial charge in [-0.25, -0.2) is 4.99 Å². The van der Waals surface area contributed by atoms with E-state index in [9.17, 15) is 4.79 Å². The van der Waals surface area contributed by atoms with Crippen LogP contribution in [0.15, 0.2) is 52.8 Å². The molecule has 1 aromatic rings. The summed E-state index contributed by atoms with van der Waals surface area (Å²) in [7, 11) is 1.61. The number of aliphatic imine (C=N–C) groups is 1. The topological polar surface area (TPSA) is 69.2 Å². The highest BCUT2D eigenvalue weighted by Gasteiger charge is 2.28. The first-order valence-corrected chi connectivity index (χ1v) is 11.6. The van der Waals surface area contributed by atoms with Gasteiger partial charge >= 0.3 is 0 Å². The fourth-order valence-corrected chi connectivity index (χ4v) is 3.88. The quantitative estimate of drug-likeness (QED) is 0.340. The van der Waals surface area contributed by atoms with Gasteiger partial charge in [0.2, 0.25) is 5.91 Å². The Balaban J connectivity index is 2.37. The standard InChI is InChI=1S/C25H36ClN5O2/c1-8-25(32)29-21-13-22(28-18(6)27-15-20(26)17(4)5)24(33-7)14-23(21)31-12-11-19(16-31)30(9-2)10-3/h8,13-15,19,28H,1,6,9-12,16H2,2-5,7H3,(H,29,32)/b27-15-. The fraction of sp³-hybridized carbons (Fsp3) is 0.440. The van der Waals surface area contributed by atoms with Crippen LogP contribution < -0.4 is 20.3 Å². The first-order valence-electron chi connectivity index (χ1n) is 11.2. The lowest BCUT2D eigenvalue weighted by Crippen LogP contribution is -2.37. The summed E-state index contributed by atoms with van der Waals surface area (Å²) in [6.07, 6.45) is 3.87. The maximum Gasteiger partial charge on any atom is 0.247 e. The Morgan fingerprint density at radius 3 is 2.58 bits per heavy atom. The molecule has 180 valence electrons. The molecule has 1 atom stereocenters. The van der Waals surface area contributed by atoms with Crippen molar-refractivity contribution in [3.63, 3.8) is 0 Å². The highest BCUT2D eigenvalue weighted by Crippen LogP contribution is 2.39. The molecule has 33 heavy (non-hydrogen) atoms. The summed E-state index contributed by atoms with van der Waals surface area (Å²) in [4.78, 5) is 21.2. The molecule has 0 aromatic heterocycles. The second-order valence-corrected chi connectivity index (χ2v) is 8.46. The lowest BCUT2D eigenvalue weighted by atomic mass is 10.2. The van der Waals surface area contributed by atoms with Gasteiger partial charge in [0.25, 0.3) is 0 Å². The molecule has 1 saturated heterocycles. The number of benzene rings is 1. The van der Waals surface area contributed by atoms with Gasteiger partial charge in [0.05, 0.1) is 29.2 Å². The Hall–Kier alpha value is -2.77. The van der Waals surface area contributed by atoms with Crippen LogP contribution in [0, 0.1) is 0 Å². The fourth-order valence-electron chi connectivity index (χ4n) is 3.83. The van der Waals surface area contributed by atoms with Crippen molar-refractivity contribution in [2.75, 3.05) is 48.8 Å². The van der Waals surface area contributed by atoms with Crippen LogP contribution in [0.25, 0.3) is 0 Å². The van der Waals surface area contributed by atoms with Gasteiger partial charge in [-0.3, -0.25) is 9.69 Å². The largest absolute Gasteiger partial charge is 0.494 e. The predicted octanol–water partition coefficient (Wildman–Crippen LogP) is 5.23. The molecule has 0 aliphatic carbocycles. The minimum Gasteiger partial charge on any atom is -0.494 e. The number of nitrogens with zero attached hydrogens (tertiary/aromatic N) is 3. The molecule has 1 fully saturated rings. The summed E-state index contributed by atoms with van der Waals surface area (Å²) >= 11 is 6.14. The van der Waals surface area contributed by atoms with E-state index in [1.54, 1.807) is 13.3 Å². The van der Waals surface area contributed by atoms with Crippen molar-refractivity contribution >= 4 is 40.8 Å². The van der Waals surface area contributed by atoms with E-state index in [4.69, 9.17) is 16.3 Å². The van der Waals surface area contributed by atoms with E-state index in [1.165, 1.54) is 6.08 Å². The summed E-state index contributed by atoms with van der Waals surface area (Å²) in [6.45, 7) is 19.5. The van der Waals surface area contributed by atoms with Crippen LogP contribution in [-0.2, 0) is 4.79 Å². The van der Waals surface area contributed by atoms with E-state index in [-0.39, 0.29) is 5.91 Å². The lowest BCUT2D eigenvalue weighted by molar-refractivity contribution is -0.111. The van der Waals surface area contributed by atoms with E-state index in [0.29, 0.717) is 34.0 Å². The van der Waals surface area contributed by atoms with E-state index in [2.05, 4.69) is 52.4 Å². The van der Waals surface area contributed by atoms with Gasteiger partial charge in [0.15, 0.2) is 0 Å². The van der Waals surface area contributed by atoms with Gasteiger partial charge in [-0.15, -0.1) is 0 Å². The smallest absolute Gasteiger partial charge is 0.247 e. The van der Waals surface area contributed by atoms with E-state index in [0.717, 1.165) is 43.9 Å². The number of carbonyl (C=O) groups is 1. The van der Waals surface area contributed by atoms with Crippen molar-refractivity contribution in [2.45, 2.75) is 40.2 Å². The molecule has 7 nitrogen and oxygen atoms in total. The number of methoxy groups -OCH3 is 1. The second kappa shape index (κ2) is 12.5. The Bertz CT molecular complexity index is 933. The average molecular weight is 474 g/mol. The van der Waals surface area contributed by atoms with Crippen LogP contribution in [-0.4, -0.2) is 56.4 Å². The number of anilines is 3. The molecule has 1 amide bonds. The molecule has 2 N–H and O–H groups in total. The minimum absolute atomic E-state index is 0.279. The van der Waals surface area contributed by atoms with E-state index >= 15 is 0 Å². The number of allylic oxidation sites excluding steroid dienone is 2. The highest BCUT2D eigenvalue weighted by molar-refractivity contribution is 6.39. The first kappa shape index (κ1) is 26.5. The third-order valence-corrected chi connectivity index (χ3v) is 6.16. The zero-order valence-corrected chi connectivity index (χ0v) is 21.1. The lowest BCUT2D eigenvalue weighted by Gasteiger charge is -2.28. The summed E-state index contributed by atoms with van der Waals surface area (Å²) in [5, 5.41) is 6.63. The zero-order valence-electron chi connectivity index (χ0n) is 20.4. The number of hydrogen-bond donors (Lipinski definition) is 2. The van der Waals surface area contributed by atoms with Crippen LogP contribution >= 0.6 is 11.6 Å². The average Bonchev–Trinajstić information content (AvgIpc) is 3.27. The van der Waals surface area contributed by atoms with Gasteiger partial charge in [0.1, 0.15) is 11.6 Å². The van der Waals surface area contributed by atoms with Crippen molar-refractivity contribution in [2.24, 2.45) is 4.99 Å². The maximum atomic E-state index is 12.2. The molecule has 0 radical (unpaired) electrons. The number of nitrogens with one attached hydrogen (secondary N) is 2. The van der Waals surface area contributed by atoms with Crippen LogP contribution in [0.3, 0.4) is 0 Å². The molecule has 2 rings (SSSR count). The molecule has 1 unspecified atom stereocenters. The molecule has 1 aliphatic heterocycles. The van der Waals surface area contributed by atoms with Gasteiger partial charge in [0, 0.05) is 31.4 Å². The first-order chi connectivity index (χ1) is 15.7. The van der Waals surface area contributed by atoms with Crippen LogP contribution in [0.4, 0.5) is 17.1 Å². The third-order valence-electron chi connectivity index (χ3n) is 5.68. The van der Waals surface area contributed by atoms with Gasteiger partial charge in [-0.1, -0.05) is 44.2 Å². The number of rotatable bonds is 11. The van der Waals surface area contributed by atoms with Crippen LogP contribution in [0.5, 0.6) is 5.75 Å². The summed E-state index contributed by atoms with van der Waals surface area (Å²) in [5.41, 5.74) is 3.17. The Labute approximate surface area is 202 Å². The number of likely N-dealkylation sites (N-methyl/N-ethyl adjacent to an activating group) is 1. The Morgan fingerprint density at radius 1 is 1.30 bits per heavy atom. The molecule has 0 saturated carbocycles. The minimum atomic E-state index is -0.279. The van der Waals surface area contributed by atoms with E-state index in [1.807, 2.05) is 26.0 Å². The molecule has 1 aromatic carbocycles. The van der Waals surface area contributed by atoms with E-state index < -0.39 is 0 Å². The van der Waals surface area contributed by atoms with Gasteiger partial charge in [-0.05, 0) is 45.5 Å². The summed E-state index contributed by atoms with van der Waals surface area (Å²) in [5.74, 6) is 0.737. The van der Waals surface area contributed by atoms with Crippen molar-refractivity contribution in [1.29, 1.82) is 0 Å². The van der Waals surface area contributed by atoms with Crippen LogP contribution in [0.1, 0.15) is 34.1 Å². The molecule has 1 heterocycles. The van der Waals surface area contributed by atoms with Crippen molar-refractivity contribution in [3.8, 4) is 5.75 Å². The number of carbonyl (C=O) groups excluding carboxylic acids is 1. The normalized spacial score (nSPS) is 15.6. The Morgan fingerprint density at radius 2 is 2.00 bits per heavy atom. The van der Waals surface area contributed by atoms with Crippen molar-refractivity contribution in [3.05, 3.63) is 47.8 Å². The molecule has 0 bridgehead atoms. The molecular weight excluding hydrogens is 438 g/mol. The van der Waals surface area contributed by atoms with Gasteiger partial charge < -0.3 is 20.3 Å². The number of halogens is 1. The third kappa shape index (κ3) is 7.11. The summed E-state index contributed by atoms with van der Waals surface area (Å²) < 4.78 is 5.65. The molecule has 8 heteroatoms. The molecule has 0 spiro atoms. The number of ether oxygens (including phenoxy) is 1. The molecule has 1 aliphatic rings.